The Balaban J connectivity index is 1.92. The van der Waals surface area contributed by atoms with Crippen LogP contribution in [0, 0.1) is 0 Å². The van der Waals surface area contributed by atoms with Crippen LogP contribution in [0.2, 0.25) is 0 Å². The first-order valence-corrected chi connectivity index (χ1v) is 7.59. The summed E-state index contributed by atoms with van der Waals surface area (Å²) in [7, 11) is 0. The van der Waals surface area contributed by atoms with Gasteiger partial charge in [-0.2, -0.15) is 0 Å². The zero-order valence-corrected chi connectivity index (χ0v) is 12.5. The first kappa shape index (κ1) is 12.7. The summed E-state index contributed by atoms with van der Waals surface area (Å²) < 4.78 is 2.21. The molecule has 0 spiro atoms. The third-order valence-electron chi connectivity index (χ3n) is 4.43. The fourth-order valence-corrected chi connectivity index (χ4v) is 3.28. The summed E-state index contributed by atoms with van der Waals surface area (Å²) in [5.41, 5.74) is 4.64. The molecule has 0 aliphatic carbocycles. The average Bonchev–Trinajstić information content (AvgIpc) is 2.98. The molecule has 21 heavy (non-hydrogen) atoms. The van der Waals surface area contributed by atoms with Crippen LogP contribution in [0.5, 0.6) is 0 Å². The van der Waals surface area contributed by atoms with Crippen LogP contribution in [-0.2, 0) is 0 Å². The molecule has 3 aromatic rings. The second-order valence-corrected chi connectivity index (χ2v) is 6.02. The van der Waals surface area contributed by atoms with Crippen molar-refractivity contribution < 1.29 is 0 Å². The van der Waals surface area contributed by atoms with E-state index in [1.807, 2.05) is 6.20 Å². The molecule has 108 valence electrons. The first-order valence-electron chi connectivity index (χ1n) is 7.59. The van der Waals surface area contributed by atoms with Crippen LogP contribution in [0.4, 0.5) is 5.69 Å². The third-order valence-corrected chi connectivity index (χ3v) is 4.43. The predicted octanol–water partition coefficient (Wildman–Crippen LogP) is 2.67. The highest BCUT2D eigenvalue weighted by Gasteiger charge is 2.24. The van der Waals surface area contributed by atoms with E-state index in [9.17, 15) is 0 Å². The van der Waals surface area contributed by atoms with Crippen molar-refractivity contribution >= 4 is 22.2 Å². The monoisotopic (exact) mass is 280 g/mol. The van der Waals surface area contributed by atoms with Crippen molar-refractivity contribution in [2.24, 2.45) is 0 Å². The van der Waals surface area contributed by atoms with Gasteiger partial charge in [-0.05, 0) is 38.1 Å². The Hall–Kier alpha value is -2.07. The summed E-state index contributed by atoms with van der Waals surface area (Å²) in [4.78, 5) is 7.21. The maximum atomic E-state index is 4.73. The van der Waals surface area contributed by atoms with Crippen molar-refractivity contribution in [2.75, 3.05) is 18.0 Å². The van der Waals surface area contributed by atoms with Gasteiger partial charge in [0.25, 0.3) is 0 Å². The SMILES string of the molecule is CC1CN(c2cccc3c2ncc2cccn23)C(C)CN1. The van der Waals surface area contributed by atoms with Crippen LogP contribution in [0.1, 0.15) is 13.8 Å². The molecule has 4 heteroatoms. The summed E-state index contributed by atoms with van der Waals surface area (Å²) in [6.45, 7) is 6.54. The zero-order chi connectivity index (χ0) is 14.4. The summed E-state index contributed by atoms with van der Waals surface area (Å²) >= 11 is 0. The van der Waals surface area contributed by atoms with E-state index in [2.05, 4.69) is 65.0 Å². The van der Waals surface area contributed by atoms with Gasteiger partial charge in [-0.3, -0.25) is 4.98 Å². The topological polar surface area (TPSA) is 32.6 Å². The van der Waals surface area contributed by atoms with Crippen LogP contribution in [-0.4, -0.2) is 34.6 Å². The second-order valence-electron chi connectivity index (χ2n) is 6.02. The standard InChI is InChI=1S/C17H20N4/c1-12-11-21(13(2)9-18-12)16-7-3-6-15-17(16)19-10-14-5-4-8-20(14)15/h3-8,10,12-13,18H,9,11H2,1-2H3. The van der Waals surface area contributed by atoms with E-state index in [1.165, 1.54) is 11.2 Å². The normalized spacial score (nSPS) is 23.0. The minimum absolute atomic E-state index is 0.481. The van der Waals surface area contributed by atoms with E-state index >= 15 is 0 Å². The molecule has 1 N–H and O–H groups in total. The number of benzene rings is 1. The Bertz CT molecular complexity index is 792. The summed E-state index contributed by atoms with van der Waals surface area (Å²) in [5.74, 6) is 0. The molecule has 4 nitrogen and oxygen atoms in total. The number of nitrogens with one attached hydrogen (secondary N) is 1. The van der Waals surface area contributed by atoms with Crippen molar-refractivity contribution in [2.45, 2.75) is 25.9 Å². The summed E-state index contributed by atoms with van der Waals surface area (Å²) in [5, 5.41) is 3.54. The molecule has 1 saturated heterocycles. The quantitative estimate of drug-likeness (QED) is 0.744. The van der Waals surface area contributed by atoms with Gasteiger partial charge in [0.15, 0.2) is 0 Å². The largest absolute Gasteiger partial charge is 0.364 e. The van der Waals surface area contributed by atoms with E-state index in [-0.39, 0.29) is 0 Å². The lowest BCUT2D eigenvalue weighted by Crippen LogP contribution is -2.54. The number of nitrogens with zero attached hydrogens (tertiary/aromatic N) is 3. The molecule has 4 rings (SSSR count). The fraction of sp³-hybridized carbons (Fsp3) is 0.353. The van der Waals surface area contributed by atoms with Crippen molar-refractivity contribution in [1.82, 2.24) is 14.7 Å². The maximum absolute atomic E-state index is 4.73. The number of anilines is 1. The van der Waals surface area contributed by atoms with Crippen LogP contribution in [0.3, 0.4) is 0 Å². The smallest absolute Gasteiger partial charge is 0.110 e. The maximum Gasteiger partial charge on any atom is 0.110 e. The Morgan fingerprint density at radius 2 is 2.10 bits per heavy atom. The molecule has 0 radical (unpaired) electrons. The van der Waals surface area contributed by atoms with Crippen LogP contribution < -0.4 is 10.2 Å². The molecule has 3 heterocycles. The third kappa shape index (κ3) is 1.98. The highest BCUT2D eigenvalue weighted by Crippen LogP contribution is 2.28. The van der Waals surface area contributed by atoms with E-state index in [0.717, 1.165) is 24.1 Å². The van der Waals surface area contributed by atoms with Gasteiger partial charge in [-0.25, -0.2) is 0 Å². The molecule has 2 aromatic heterocycles. The summed E-state index contributed by atoms with van der Waals surface area (Å²) in [6, 6.07) is 11.6. The number of aromatic nitrogens is 2. The lowest BCUT2D eigenvalue weighted by atomic mass is 10.1. The number of fused-ring (bicyclic) bond motifs is 3. The Labute approximate surface area is 124 Å². The van der Waals surface area contributed by atoms with E-state index in [0.29, 0.717) is 12.1 Å². The van der Waals surface area contributed by atoms with Crippen molar-refractivity contribution in [3.05, 3.63) is 42.7 Å². The molecular formula is C17H20N4. The molecule has 0 bridgehead atoms. The van der Waals surface area contributed by atoms with Crippen molar-refractivity contribution in [1.29, 1.82) is 0 Å². The van der Waals surface area contributed by atoms with Gasteiger partial charge in [0, 0.05) is 31.4 Å². The second kappa shape index (κ2) is 4.74. The molecule has 0 saturated carbocycles. The molecule has 0 amide bonds. The minimum atomic E-state index is 0.481. The van der Waals surface area contributed by atoms with Gasteiger partial charge in [-0.15, -0.1) is 0 Å². The van der Waals surface area contributed by atoms with Crippen LogP contribution in [0.15, 0.2) is 42.7 Å². The van der Waals surface area contributed by atoms with Gasteiger partial charge in [0.2, 0.25) is 0 Å². The Kier molecular flexibility index (Phi) is 2.86. The molecule has 1 aliphatic heterocycles. The predicted molar refractivity (Wildman–Crippen MR) is 87.0 cm³/mol. The van der Waals surface area contributed by atoms with E-state index in [4.69, 9.17) is 4.98 Å². The number of rotatable bonds is 1. The molecule has 2 atom stereocenters. The van der Waals surface area contributed by atoms with Crippen molar-refractivity contribution in [3.8, 4) is 0 Å². The number of para-hydroxylation sites is 1. The summed E-state index contributed by atoms with van der Waals surface area (Å²) in [6.07, 6.45) is 4.06. The molecule has 1 fully saturated rings. The van der Waals surface area contributed by atoms with Gasteiger partial charge in [-0.1, -0.05) is 6.07 Å². The molecule has 1 aliphatic rings. The lowest BCUT2D eigenvalue weighted by molar-refractivity contribution is 0.425. The average molecular weight is 280 g/mol. The van der Waals surface area contributed by atoms with Crippen LogP contribution >= 0.6 is 0 Å². The fourth-order valence-electron chi connectivity index (χ4n) is 3.28. The first-order chi connectivity index (χ1) is 10.2. The number of hydrogen-bond donors (Lipinski definition) is 1. The Morgan fingerprint density at radius 1 is 1.19 bits per heavy atom. The molecule has 2 unspecified atom stereocenters. The molecular weight excluding hydrogens is 260 g/mol. The van der Waals surface area contributed by atoms with Crippen LogP contribution in [0.25, 0.3) is 16.6 Å². The highest BCUT2D eigenvalue weighted by atomic mass is 15.2. The lowest BCUT2D eigenvalue weighted by Gasteiger charge is -2.39. The van der Waals surface area contributed by atoms with E-state index < -0.39 is 0 Å². The van der Waals surface area contributed by atoms with Crippen molar-refractivity contribution in [3.63, 3.8) is 0 Å². The van der Waals surface area contributed by atoms with Gasteiger partial charge in [0.1, 0.15) is 5.52 Å². The Morgan fingerprint density at radius 3 is 3.00 bits per heavy atom. The number of hydrogen-bond acceptors (Lipinski definition) is 3. The minimum Gasteiger partial charge on any atom is -0.364 e. The van der Waals surface area contributed by atoms with Gasteiger partial charge < -0.3 is 14.6 Å². The zero-order valence-electron chi connectivity index (χ0n) is 12.5. The molecule has 1 aromatic carbocycles. The van der Waals surface area contributed by atoms with Gasteiger partial charge in [0.05, 0.1) is 22.9 Å². The van der Waals surface area contributed by atoms with E-state index in [1.54, 1.807) is 0 Å². The highest BCUT2D eigenvalue weighted by molar-refractivity contribution is 5.90. The van der Waals surface area contributed by atoms with Gasteiger partial charge >= 0.3 is 0 Å². The number of piperazine rings is 1.